The third-order valence-electron chi connectivity index (χ3n) is 3.68. The first-order chi connectivity index (χ1) is 10.0. The minimum atomic E-state index is -1.87. The fraction of sp³-hybridized carbons (Fsp3) is 0.417. The van der Waals surface area contributed by atoms with E-state index in [0.717, 1.165) is 0 Å². The van der Waals surface area contributed by atoms with E-state index >= 15 is 0 Å². The Morgan fingerprint density at radius 3 is 2.82 bits per heavy atom. The Morgan fingerprint density at radius 1 is 1.50 bits per heavy atom. The van der Waals surface area contributed by atoms with Crippen LogP contribution >= 0.6 is 0 Å². The smallest absolute Gasteiger partial charge is 1.00 e. The van der Waals surface area contributed by atoms with Gasteiger partial charge in [-0.2, -0.15) is 10.4 Å². The summed E-state index contributed by atoms with van der Waals surface area (Å²) in [4.78, 5) is 3.84. The van der Waals surface area contributed by atoms with Crippen molar-refractivity contribution in [3.05, 3.63) is 24.2 Å². The molecule has 0 unspecified atom stereocenters. The number of hydrogen-bond acceptors (Lipinski definition) is 8. The number of nitrogens with zero attached hydrogens (tertiary/aromatic N) is 4. The van der Waals surface area contributed by atoms with E-state index < -0.39 is 30.5 Å². The Morgan fingerprint density at radius 2 is 2.23 bits per heavy atom. The highest BCUT2D eigenvalue weighted by Gasteiger charge is 2.55. The highest BCUT2D eigenvalue weighted by molar-refractivity contribution is 5.65. The van der Waals surface area contributed by atoms with Crippen LogP contribution in [0.3, 0.4) is 0 Å². The first kappa shape index (κ1) is 16.4. The standard InChI is InChI=1S/C12H13N5O4.ClH/c13-3-12(4-18)10(20)8(19)9(21-12)6-1-2-7-11(14)15-5-16-17(6)7;/h1-2,5,8-10,18-20H,4H2,(H2,14,15,16);1H/t8-,9-,10-,12+;/m0./s1. The molecule has 0 radical (unpaired) electrons. The molecule has 118 valence electrons. The zero-order valence-electron chi connectivity index (χ0n) is 12.2. The molecule has 3 rings (SSSR count). The number of nitrogen functional groups attached to an aromatic ring is 1. The first-order valence-electron chi connectivity index (χ1n) is 6.18. The predicted octanol–water partition coefficient (Wildman–Crippen LogP) is -4.52. The fourth-order valence-corrected chi connectivity index (χ4v) is 2.49. The molecule has 0 saturated carbocycles. The molecule has 9 nitrogen and oxygen atoms in total. The van der Waals surface area contributed by atoms with Gasteiger partial charge < -0.3 is 38.2 Å². The fourth-order valence-electron chi connectivity index (χ4n) is 2.49. The SMILES string of the molecule is N#C[C@]1(CO)O[C@@H](c2ccc3c(N)ncnn23)[C@H](O)[C@@H]1O.[Cl-].[H+]. The molecule has 1 aliphatic rings. The van der Waals surface area contributed by atoms with Crippen LogP contribution in [-0.2, 0) is 4.74 Å². The molecular formula is C12H14ClN5O4. The minimum Gasteiger partial charge on any atom is -1.00 e. The van der Waals surface area contributed by atoms with E-state index in [1.54, 1.807) is 18.2 Å². The molecule has 1 aliphatic heterocycles. The van der Waals surface area contributed by atoms with Crippen LogP contribution in [0.25, 0.3) is 5.52 Å². The van der Waals surface area contributed by atoms with Crippen LogP contribution in [0.5, 0.6) is 0 Å². The number of aromatic nitrogens is 3. The summed E-state index contributed by atoms with van der Waals surface area (Å²) >= 11 is 0. The van der Waals surface area contributed by atoms with Gasteiger partial charge in [0, 0.05) is 0 Å². The van der Waals surface area contributed by atoms with Crippen LogP contribution in [0.2, 0.25) is 0 Å². The molecule has 0 aliphatic carbocycles. The van der Waals surface area contributed by atoms with E-state index in [4.69, 9.17) is 15.7 Å². The highest BCUT2D eigenvalue weighted by Crippen LogP contribution is 2.40. The molecule has 1 saturated heterocycles. The molecule has 0 bridgehead atoms. The van der Waals surface area contributed by atoms with Gasteiger partial charge in [-0.1, -0.05) is 0 Å². The summed E-state index contributed by atoms with van der Waals surface area (Å²) in [5.41, 5.74) is 4.76. The summed E-state index contributed by atoms with van der Waals surface area (Å²) in [7, 11) is 0. The Labute approximate surface area is 132 Å². The molecule has 0 amide bonds. The van der Waals surface area contributed by atoms with Crippen molar-refractivity contribution >= 4 is 11.3 Å². The summed E-state index contributed by atoms with van der Waals surface area (Å²) in [6.07, 6.45) is -2.70. The summed E-state index contributed by atoms with van der Waals surface area (Å²) in [5.74, 6) is 0.248. The maximum absolute atomic E-state index is 10.1. The largest absolute Gasteiger partial charge is 1.00 e. The number of rotatable bonds is 2. The van der Waals surface area contributed by atoms with Crippen LogP contribution in [0.15, 0.2) is 18.5 Å². The van der Waals surface area contributed by atoms with Crippen LogP contribution in [0, 0.1) is 11.3 Å². The van der Waals surface area contributed by atoms with Crippen molar-refractivity contribution in [1.29, 1.82) is 5.26 Å². The van der Waals surface area contributed by atoms with Crippen molar-refractivity contribution < 1.29 is 33.9 Å². The number of ether oxygens (including phenoxy) is 1. The van der Waals surface area contributed by atoms with Crippen molar-refractivity contribution in [2.75, 3.05) is 12.3 Å². The van der Waals surface area contributed by atoms with Gasteiger partial charge in [0.1, 0.15) is 36.2 Å². The Hall–Kier alpha value is -1.96. The average Bonchev–Trinajstić information content (AvgIpc) is 3.02. The van der Waals surface area contributed by atoms with Crippen LogP contribution in [0.4, 0.5) is 5.82 Å². The third kappa shape index (κ3) is 2.09. The number of fused-ring (bicyclic) bond motifs is 1. The zero-order valence-corrected chi connectivity index (χ0v) is 11.9. The molecule has 0 aromatic carbocycles. The second-order valence-corrected chi connectivity index (χ2v) is 4.83. The maximum Gasteiger partial charge on any atom is 1.00 e. The molecule has 3 heterocycles. The molecule has 2 aromatic rings. The molecule has 5 N–H and O–H groups in total. The normalized spacial score (nSPS) is 30.9. The lowest BCUT2D eigenvalue weighted by molar-refractivity contribution is -0.0746. The van der Waals surface area contributed by atoms with Crippen molar-refractivity contribution in [2.45, 2.75) is 23.9 Å². The molecule has 4 atom stereocenters. The number of nitriles is 1. The summed E-state index contributed by atoms with van der Waals surface area (Å²) in [5, 5.41) is 42.5. The number of nitrogens with two attached hydrogens (primary N) is 1. The van der Waals surface area contributed by atoms with E-state index in [0.29, 0.717) is 11.2 Å². The summed E-state index contributed by atoms with van der Waals surface area (Å²) in [6, 6.07) is 4.95. The Balaban J connectivity index is 0.00000132. The number of hydrogen-bond donors (Lipinski definition) is 4. The van der Waals surface area contributed by atoms with E-state index in [2.05, 4.69) is 10.1 Å². The molecule has 1 fully saturated rings. The Bertz CT molecular complexity index is 738. The maximum atomic E-state index is 10.1. The molecule has 0 spiro atoms. The van der Waals surface area contributed by atoms with Gasteiger partial charge in [-0.25, -0.2) is 9.50 Å². The lowest BCUT2D eigenvalue weighted by atomic mass is 9.96. The minimum absolute atomic E-state index is 0. The Kier molecular flexibility index (Phi) is 4.23. The van der Waals surface area contributed by atoms with Gasteiger partial charge in [-0.05, 0) is 12.1 Å². The van der Waals surface area contributed by atoms with Gasteiger partial charge in [0.2, 0.25) is 5.60 Å². The van der Waals surface area contributed by atoms with Gasteiger partial charge in [-0.15, -0.1) is 0 Å². The molecule has 10 heteroatoms. The van der Waals surface area contributed by atoms with Crippen molar-refractivity contribution in [3.63, 3.8) is 0 Å². The number of anilines is 1. The monoisotopic (exact) mass is 327 g/mol. The van der Waals surface area contributed by atoms with Gasteiger partial charge >= 0.3 is 1.43 Å². The van der Waals surface area contributed by atoms with Crippen molar-refractivity contribution in [1.82, 2.24) is 14.6 Å². The van der Waals surface area contributed by atoms with Crippen LogP contribution in [0.1, 0.15) is 13.2 Å². The van der Waals surface area contributed by atoms with E-state index in [1.807, 2.05) is 0 Å². The second kappa shape index (κ2) is 5.68. The predicted molar refractivity (Wildman–Crippen MR) is 69.8 cm³/mol. The summed E-state index contributed by atoms with van der Waals surface area (Å²) in [6.45, 7) is -0.737. The number of halogens is 1. The van der Waals surface area contributed by atoms with Crippen LogP contribution in [-0.4, -0.2) is 54.3 Å². The zero-order chi connectivity index (χ0) is 15.2. The van der Waals surface area contributed by atoms with Gasteiger partial charge in [0.05, 0.1) is 12.3 Å². The number of aliphatic hydroxyl groups is 3. The molecule has 22 heavy (non-hydrogen) atoms. The van der Waals surface area contributed by atoms with E-state index in [9.17, 15) is 15.3 Å². The third-order valence-corrected chi connectivity index (χ3v) is 3.68. The summed E-state index contributed by atoms with van der Waals surface area (Å²) < 4.78 is 6.84. The first-order valence-corrected chi connectivity index (χ1v) is 6.18. The number of aliphatic hydroxyl groups excluding tert-OH is 3. The molecular weight excluding hydrogens is 314 g/mol. The lowest BCUT2D eigenvalue weighted by Crippen LogP contribution is -3.00. The molecule has 2 aromatic heterocycles. The van der Waals surface area contributed by atoms with Crippen molar-refractivity contribution in [2.24, 2.45) is 0 Å². The quantitative estimate of drug-likeness (QED) is 0.431. The average molecular weight is 328 g/mol. The highest BCUT2D eigenvalue weighted by atomic mass is 35.5. The van der Waals surface area contributed by atoms with E-state index in [1.165, 1.54) is 10.8 Å². The second-order valence-electron chi connectivity index (χ2n) is 4.83. The van der Waals surface area contributed by atoms with Gasteiger partial charge in [-0.3, -0.25) is 0 Å². The van der Waals surface area contributed by atoms with E-state index in [-0.39, 0.29) is 19.7 Å². The van der Waals surface area contributed by atoms with Gasteiger partial charge in [0.15, 0.2) is 5.82 Å². The topological polar surface area (TPSA) is 150 Å². The lowest BCUT2D eigenvalue weighted by Gasteiger charge is -2.21. The van der Waals surface area contributed by atoms with Crippen molar-refractivity contribution in [3.8, 4) is 6.07 Å². The van der Waals surface area contributed by atoms with Crippen LogP contribution < -0.4 is 18.1 Å². The van der Waals surface area contributed by atoms with Gasteiger partial charge in [0.25, 0.3) is 0 Å².